The lowest BCUT2D eigenvalue weighted by Crippen LogP contribution is -2.50. The zero-order valence-electron chi connectivity index (χ0n) is 26.3. The maximum atomic E-state index is 15.3. The molecule has 0 fully saturated rings. The first-order valence-electron chi connectivity index (χ1n) is 15.1. The second kappa shape index (κ2) is 12.9. The highest BCUT2D eigenvalue weighted by molar-refractivity contribution is 6.31. The van der Waals surface area contributed by atoms with Crippen molar-refractivity contribution < 1.29 is 18.9 Å². The number of nitro groups is 1. The average Bonchev–Trinajstić information content (AvgIpc) is 3.60. The summed E-state index contributed by atoms with van der Waals surface area (Å²) in [6.07, 6.45) is 3.93. The fourth-order valence-corrected chi connectivity index (χ4v) is 6.48. The minimum atomic E-state index is -0.965. The first-order chi connectivity index (χ1) is 22.9. The van der Waals surface area contributed by atoms with Crippen LogP contribution in [0.1, 0.15) is 47.7 Å². The molecule has 0 saturated heterocycles. The summed E-state index contributed by atoms with van der Waals surface area (Å²) < 4.78 is 16.6. The molecule has 6 rings (SSSR count). The van der Waals surface area contributed by atoms with Crippen LogP contribution in [0.15, 0.2) is 91.3 Å². The Balaban J connectivity index is 1.45. The zero-order valence-corrected chi connectivity index (χ0v) is 27.1. The maximum absolute atomic E-state index is 15.3. The van der Waals surface area contributed by atoms with Crippen LogP contribution >= 0.6 is 11.6 Å². The number of non-ortho nitro benzene ring substituents is 1. The molecule has 0 saturated carbocycles. The van der Waals surface area contributed by atoms with Crippen LogP contribution in [0.2, 0.25) is 5.02 Å². The molecular formula is C36H30ClFN6O4. The fraction of sp³-hybridized carbons (Fsp3) is 0.194. The highest BCUT2D eigenvalue weighted by Gasteiger charge is 2.43. The van der Waals surface area contributed by atoms with Crippen molar-refractivity contribution in [2.75, 3.05) is 6.54 Å². The Labute approximate surface area is 280 Å². The van der Waals surface area contributed by atoms with E-state index in [2.05, 4.69) is 15.5 Å². The number of nitro benzene ring substituents is 1. The van der Waals surface area contributed by atoms with E-state index in [9.17, 15) is 19.7 Å². The predicted molar refractivity (Wildman–Crippen MR) is 179 cm³/mol. The van der Waals surface area contributed by atoms with Crippen LogP contribution in [0, 0.1) is 22.9 Å². The van der Waals surface area contributed by atoms with E-state index in [0.29, 0.717) is 5.56 Å². The maximum Gasteiger partial charge on any atom is 0.269 e. The number of hydrogen-bond donors (Lipinski definition) is 0. The van der Waals surface area contributed by atoms with Gasteiger partial charge >= 0.3 is 0 Å². The molecule has 5 aromatic rings. The summed E-state index contributed by atoms with van der Waals surface area (Å²) in [5, 5.41) is 22.3. The van der Waals surface area contributed by atoms with E-state index in [-0.39, 0.29) is 40.7 Å². The summed E-state index contributed by atoms with van der Waals surface area (Å²) in [7, 11) is 0. The summed E-state index contributed by atoms with van der Waals surface area (Å²) >= 11 is 6.10. The van der Waals surface area contributed by atoms with Gasteiger partial charge in [-0.05, 0) is 75.5 Å². The summed E-state index contributed by atoms with van der Waals surface area (Å²) in [5.74, 6) is -1.45. The summed E-state index contributed by atoms with van der Waals surface area (Å²) in [4.78, 5) is 40.8. The molecule has 0 bridgehead atoms. The van der Waals surface area contributed by atoms with Gasteiger partial charge in [-0.3, -0.25) is 19.7 Å². The van der Waals surface area contributed by atoms with Gasteiger partial charge in [0.1, 0.15) is 12.4 Å². The van der Waals surface area contributed by atoms with Gasteiger partial charge in [0, 0.05) is 42.2 Å². The van der Waals surface area contributed by atoms with Crippen molar-refractivity contribution in [3.05, 3.63) is 140 Å². The van der Waals surface area contributed by atoms with Gasteiger partial charge in [0.15, 0.2) is 11.6 Å². The van der Waals surface area contributed by atoms with E-state index in [1.807, 2.05) is 63.2 Å². The van der Waals surface area contributed by atoms with Gasteiger partial charge < -0.3 is 4.90 Å². The van der Waals surface area contributed by atoms with Gasteiger partial charge in [-0.1, -0.05) is 73.5 Å². The lowest BCUT2D eigenvalue weighted by atomic mass is 9.71. The molecular weight excluding hydrogens is 635 g/mol. The number of Topliss-reactive ketones (excluding diaryl/α,β-unsaturated/α-hetero) is 1. The van der Waals surface area contributed by atoms with E-state index in [1.165, 1.54) is 46.3 Å². The number of aryl methyl sites for hydroxylation is 1. The highest BCUT2D eigenvalue weighted by atomic mass is 35.5. The zero-order chi connectivity index (χ0) is 34.2. The second-order valence-electron chi connectivity index (χ2n) is 12.3. The first kappa shape index (κ1) is 32.4. The SMILES string of the molecule is Cc1ccc(CC(=O)C2c3cccc(-c4ccc([N+](=O)[O-])cc4)c3C(C)(C)CN2C(=O)/C=C/c2c(-n3cnnn3)ccc(Cl)c2F)cc1. The number of amides is 1. The highest BCUT2D eigenvalue weighted by Crippen LogP contribution is 2.45. The second-order valence-corrected chi connectivity index (χ2v) is 12.7. The first-order valence-corrected chi connectivity index (χ1v) is 15.5. The summed E-state index contributed by atoms with van der Waals surface area (Å²) in [6.45, 7) is 6.09. The van der Waals surface area contributed by atoms with Crippen LogP contribution in [0.4, 0.5) is 10.1 Å². The molecule has 1 aliphatic heterocycles. The number of ketones is 1. The quantitative estimate of drug-likeness (QED) is 0.0991. The Morgan fingerprint density at radius 3 is 2.46 bits per heavy atom. The fourth-order valence-electron chi connectivity index (χ4n) is 6.31. The molecule has 1 aromatic heterocycles. The van der Waals surface area contributed by atoms with E-state index < -0.39 is 28.1 Å². The van der Waals surface area contributed by atoms with Crippen LogP contribution in [-0.2, 0) is 21.4 Å². The number of hydrogen-bond acceptors (Lipinski definition) is 7. The van der Waals surface area contributed by atoms with E-state index >= 15 is 4.39 Å². The van der Waals surface area contributed by atoms with Gasteiger partial charge in [0.05, 0.1) is 15.6 Å². The van der Waals surface area contributed by atoms with Crippen molar-refractivity contribution in [2.24, 2.45) is 0 Å². The monoisotopic (exact) mass is 664 g/mol. The molecule has 4 aromatic carbocycles. The number of aromatic nitrogens is 4. The number of carbonyl (C=O) groups is 2. The van der Waals surface area contributed by atoms with Crippen molar-refractivity contribution in [1.29, 1.82) is 0 Å². The summed E-state index contributed by atoms with van der Waals surface area (Å²) in [6, 6.07) is 21.5. The number of halogens is 2. The Kier molecular flexibility index (Phi) is 8.72. The number of fused-ring (bicyclic) bond motifs is 1. The minimum Gasteiger partial charge on any atom is -0.324 e. The molecule has 0 radical (unpaired) electrons. The number of carbonyl (C=O) groups excluding carboxylic acids is 2. The number of benzene rings is 4. The standard InChI is InChI=1S/C36H30ClFN6O4/c1-22-7-9-23(10-8-22)19-31(45)35-28-6-4-5-26(24-11-13-25(14-12-24)44(47)48)33(28)36(2,3)20-42(35)32(46)18-15-27-30(43-21-39-40-41-43)17-16-29(37)34(27)38/h4-18,21,35H,19-20H2,1-3H3/b18-15+. The van der Waals surface area contributed by atoms with Crippen LogP contribution in [-0.4, -0.2) is 48.3 Å². The van der Waals surface area contributed by atoms with Crippen LogP contribution in [0.5, 0.6) is 0 Å². The molecule has 2 heterocycles. The van der Waals surface area contributed by atoms with Gasteiger partial charge in [-0.2, -0.15) is 4.68 Å². The molecule has 0 spiro atoms. The van der Waals surface area contributed by atoms with E-state index in [0.717, 1.165) is 27.8 Å². The van der Waals surface area contributed by atoms with E-state index in [1.54, 1.807) is 18.2 Å². The van der Waals surface area contributed by atoms with Gasteiger partial charge in [0.2, 0.25) is 5.91 Å². The minimum absolute atomic E-state index is 0.00260. The van der Waals surface area contributed by atoms with Crippen molar-refractivity contribution in [3.63, 3.8) is 0 Å². The lowest BCUT2D eigenvalue weighted by Gasteiger charge is -2.45. The van der Waals surface area contributed by atoms with Crippen molar-refractivity contribution in [1.82, 2.24) is 25.1 Å². The van der Waals surface area contributed by atoms with Crippen molar-refractivity contribution in [3.8, 4) is 16.8 Å². The molecule has 1 aliphatic rings. The molecule has 242 valence electrons. The third-order valence-corrected chi connectivity index (χ3v) is 8.81. The number of rotatable bonds is 8. The number of nitrogens with zero attached hydrogens (tertiary/aromatic N) is 6. The average molecular weight is 665 g/mol. The van der Waals surface area contributed by atoms with Crippen LogP contribution < -0.4 is 0 Å². The van der Waals surface area contributed by atoms with Gasteiger partial charge in [0.25, 0.3) is 5.69 Å². The van der Waals surface area contributed by atoms with E-state index in [4.69, 9.17) is 11.6 Å². The Bertz CT molecular complexity index is 2060. The largest absolute Gasteiger partial charge is 0.324 e. The van der Waals surface area contributed by atoms with Crippen LogP contribution in [0.3, 0.4) is 0 Å². The predicted octanol–water partition coefficient (Wildman–Crippen LogP) is 7.02. The summed E-state index contributed by atoms with van der Waals surface area (Å²) in [5.41, 5.74) is 4.54. The molecule has 0 aliphatic carbocycles. The molecule has 1 amide bonds. The van der Waals surface area contributed by atoms with Crippen molar-refractivity contribution >= 4 is 35.1 Å². The Morgan fingerprint density at radius 2 is 1.79 bits per heavy atom. The Hall–Kier alpha value is -5.55. The number of tetrazole rings is 1. The normalized spacial score (nSPS) is 15.4. The molecule has 10 nitrogen and oxygen atoms in total. The third-order valence-electron chi connectivity index (χ3n) is 8.52. The van der Waals surface area contributed by atoms with Gasteiger partial charge in [-0.25, -0.2) is 4.39 Å². The molecule has 48 heavy (non-hydrogen) atoms. The topological polar surface area (TPSA) is 124 Å². The molecule has 0 N–H and O–H groups in total. The third kappa shape index (κ3) is 6.24. The van der Waals surface area contributed by atoms with Crippen molar-refractivity contribution in [2.45, 2.75) is 38.6 Å². The molecule has 1 unspecified atom stereocenters. The van der Waals surface area contributed by atoms with Crippen LogP contribution in [0.25, 0.3) is 22.9 Å². The molecule has 12 heteroatoms. The Morgan fingerprint density at radius 1 is 1.06 bits per heavy atom. The smallest absolute Gasteiger partial charge is 0.269 e. The molecule has 1 atom stereocenters. The van der Waals surface area contributed by atoms with Gasteiger partial charge in [-0.15, -0.1) is 5.10 Å². The lowest BCUT2D eigenvalue weighted by molar-refractivity contribution is -0.384.